The summed E-state index contributed by atoms with van der Waals surface area (Å²) in [7, 11) is 0. The summed E-state index contributed by atoms with van der Waals surface area (Å²) in [5, 5.41) is 13.9. The minimum absolute atomic E-state index is 0.347. The topological polar surface area (TPSA) is 32.3 Å². The normalized spacial score (nSPS) is 33.9. The molecular weight excluding hydrogens is 210 g/mol. The summed E-state index contributed by atoms with van der Waals surface area (Å²) in [6, 6.07) is 0. The van der Waals surface area contributed by atoms with Crippen LogP contribution in [0.15, 0.2) is 0 Å². The van der Waals surface area contributed by atoms with E-state index < -0.39 is 0 Å². The van der Waals surface area contributed by atoms with Crippen molar-refractivity contribution in [2.24, 2.45) is 17.8 Å². The molecule has 0 radical (unpaired) electrons. The molecule has 2 heteroatoms. The largest absolute Gasteiger partial charge is 0.390 e. The van der Waals surface area contributed by atoms with E-state index in [1.54, 1.807) is 0 Å². The lowest BCUT2D eigenvalue weighted by Crippen LogP contribution is -2.43. The highest BCUT2D eigenvalue weighted by atomic mass is 16.3. The smallest absolute Gasteiger partial charge is 0.0674 e. The Kier molecular flexibility index (Phi) is 4.48. The first-order chi connectivity index (χ1) is 8.09. The Morgan fingerprint density at radius 3 is 2.24 bits per heavy atom. The molecule has 0 aromatic rings. The number of hydrogen-bond acceptors (Lipinski definition) is 2. The molecule has 0 amide bonds. The molecule has 0 aromatic heterocycles. The monoisotopic (exact) mass is 239 g/mol. The average molecular weight is 239 g/mol. The van der Waals surface area contributed by atoms with E-state index in [1.807, 2.05) is 0 Å². The Labute approximate surface area is 106 Å². The molecule has 2 nitrogen and oxygen atoms in total. The van der Waals surface area contributed by atoms with E-state index in [-0.39, 0.29) is 5.60 Å². The van der Waals surface area contributed by atoms with Gasteiger partial charge in [-0.25, -0.2) is 0 Å². The van der Waals surface area contributed by atoms with Crippen LogP contribution >= 0.6 is 0 Å². The molecule has 0 spiro atoms. The molecule has 0 aromatic carbocycles. The van der Waals surface area contributed by atoms with E-state index in [1.165, 1.54) is 25.7 Å². The van der Waals surface area contributed by atoms with Crippen LogP contribution in [0, 0.1) is 17.8 Å². The van der Waals surface area contributed by atoms with E-state index >= 15 is 0 Å². The van der Waals surface area contributed by atoms with Crippen LogP contribution < -0.4 is 5.32 Å². The molecule has 1 aliphatic carbocycles. The van der Waals surface area contributed by atoms with Crippen LogP contribution in [0.3, 0.4) is 0 Å². The van der Waals surface area contributed by atoms with Crippen molar-refractivity contribution in [3.05, 3.63) is 0 Å². The third-order valence-corrected chi connectivity index (χ3v) is 5.04. The number of hydrogen-bond donors (Lipinski definition) is 2. The fraction of sp³-hybridized carbons (Fsp3) is 1.00. The van der Waals surface area contributed by atoms with Crippen LogP contribution in [-0.2, 0) is 0 Å². The maximum absolute atomic E-state index is 10.6. The summed E-state index contributed by atoms with van der Waals surface area (Å²) in [6.07, 6.45) is 8.43. The standard InChI is InChI=1S/C15H29NO/c1-12(2)14-5-3-13(4-6-14)11-15(17)7-9-16-10-8-15/h12-14,16-17H,3-11H2,1-2H3. The predicted molar refractivity (Wildman–Crippen MR) is 72.0 cm³/mol. The second kappa shape index (κ2) is 5.71. The fourth-order valence-corrected chi connectivity index (χ4v) is 3.69. The van der Waals surface area contributed by atoms with Crippen LogP contribution in [0.25, 0.3) is 0 Å². The highest BCUT2D eigenvalue weighted by molar-refractivity contribution is 4.88. The zero-order chi connectivity index (χ0) is 12.3. The van der Waals surface area contributed by atoms with Gasteiger partial charge in [0, 0.05) is 0 Å². The highest BCUT2D eigenvalue weighted by Gasteiger charge is 2.33. The van der Waals surface area contributed by atoms with Crippen molar-refractivity contribution >= 4 is 0 Å². The number of rotatable bonds is 3. The van der Waals surface area contributed by atoms with Crippen LogP contribution in [-0.4, -0.2) is 23.8 Å². The van der Waals surface area contributed by atoms with E-state index in [0.29, 0.717) is 0 Å². The molecule has 1 saturated carbocycles. The second-order valence-electron chi connectivity index (χ2n) is 6.70. The van der Waals surface area contributed by atoms with Crippen molar-refractivity contribution in [3.8, 4) is 0 Å². The van der Waals surface area contributed by atoms with Gasteiger partial charge < -0.3 is 10.4 Å². The van der Waals surface area contributed by atoms with Gasteiger partial charge in [-0.05, 0) is 62.9 Å². The molecule has 0 unspecified atom stereocenters. The second-order valence-corrected chi connectivity index (χ2v) is 6.70. The van der Waals surface area contributed by atoms with Crippen LogP contribution in [0.1, 0.15) is 58.8 Å². The van der Waals surface area contributed by atoms with Gasteiger partial charge in [0.05, 0.1) is 5.60 Å². The van der Waals surface area contributed by atoms with Crippen molar-refractivity contribution in [1.82, 2.24) is 5.32 Å². The fourth-order valence-electron chi connectivity index (χ4n) is 3.69. The maximum atomic E-state index is 10.6. The molecular formula is C15H29NO. The summed E-state index contributed by atoms with van der Waals surface area (Å²) in [5.41, 5.74) is -0.347. The van der Waals surface area contributed by atoms with Crippen molar-refractivity contribution in [2.45, 2.75) is 64.4 Å². The van der Waals surface area contributed by atoms with Gasteiger partial charge in [-0.3, -0.25) is 0 Å². The van der Waals surface area contributed by atoms with Gasteiger partial charge in [0.15, 0.2) is 0 Å². The quantitative estimate of drug-likeness (QED) is 0.793. The van der Waals surface area contributed by atoms with E-state index in [2.05, 4.69) is 19.2 Å². The Bertz CT molecular complexity index is 225. The minimum atomic E-state index is -0.347. The minimum Gasteiger partial charge on any atom is -0.390 e. The molecule has 1 aliphatic heterocycles. The zero-order valence-corrected chi connectivity index (χ0v) is 11.5. The SMILES string of the molecule is CC(C)C1CCC(CC2(O)CCNCC2)CC1. The van der Waals surface area contributed by atoms with Crippen molar-refractivity contribution in [1.29, 1.82) is 0 Å². The summed E-state index contributed by atoms with van der Waals surface area (Å²) >= 11 is 0. The Hall–Kier alpha value is -0.0800. The van der Waals surface area contributed by atoms with Crippen molar-refractivity contribution in [2.75, 3.05) is 13.1 Å². The summed E-state index contributed by atoms with van der Waals surface area (Å²) < 4.78 is 0. The van der Waals surface area contributed by atoms with Crippen molar-refractivity contribution in [3.63, 3.8) is 0 Å². The van der Waals surface area contributed by atoms with E-state index in [4.69, 9.17) is 0 Å². The average Bonchev–Trinajstić information content (AvgIpc) is 2.30. The Morgan fingerprint density at radius 2 is 1.71 bits per heavy atom. The zero-order valence-electron chi connectivity index (χ0n) is 11.5. The highest BCUT2D eigenvalue weighted by Crippen LogP contribution is 2.38. The van der Waals surface area contributed by atoms with Crippen LogP contribution in [0.2, 0.25) is 0 Å². The molecule has 0 atom stereocenters. The summed E-state index contributed by atoms with van der Waals surface area (Å²) in [5.74, 6) is 2.57. The predicted octanol–water partition coefficient (Wildman–Crippen LogP) is 2.95. The van der Waals surface area contributed by atoms with E-state index in [9.17, 15) is 5.11 Å². The van der Waals surface area contributed by atoms with Gasteiger partial charge in [-0.1, -0.05) is 26.7 Å². The molecule has 2 aliphatic rings. The molecule has 1 heterocycles. The third-order valence-electron chi connectivity index (χ3n) is 5.04. The first-order valence-electron chi connectivity index (χ1n) is 7.52. The molecule has 2 N–H and O–H groups in total. The molecule has 17 heavy (non-hydrogen) atoms. The van der Waals surface area contributed by atoms with Gasteiger partial charge in [-0.15, -0.1) is 0 Å². The molecule has 100 valence electrons. The van der Waals surface area contributed by atoms with Crippen LogP contribution in [0.4, 0.5) is 0 Å². The van der Waals surface area contributed by atoms with Crippen molar-refractivity contribution < 1.29 is 5.11 Å². The summed E-state index contributed by atoms with van der Waals surface area (Å²) in [4.78, 5) is 0. The molecule has 0 bridgehead atoms. The first kappa shape index (κ1) is 13.4. The van der Waals surface area contributed by atoms with E-state index in [0.717, 1.165) is 50.1 Å². The summed E-state index contributed by atoms with van der Waals surface area (Å²) in [6.45, 7) is 6.70. The van der Waals surface area contributed by atoms with Gasteiger partial charge in [0.1, 0.15) is 0 Å². The molecule has 2 fully saturated rings. The number of aliphatic hydroxyl groups is 1. The van der Waals surface area contributed by atoms with Crippen LogP contribution in [0.5, 0.6) is 0 Å². The Morgan fingerprint density at radius 1 is 1.12 bits per heavy atom. The lowest BCUT2D eigenvalue weighted by Gasteiger charge is -2.38. The van der Waals surface area contributed by atoms with Gasteiger partial charge in [-0.2, -0.15) is 0 Å². The molecule has 1 saturated heterocycles. The third kappa shape index (κ3) is 3.69. The first-order valence-corrected chi connectivity index (χ1v) is 7.52. The number of piperidine rings is 1. The maximum Gasteiger partial charge on any atom is 0.0674 e. The Balaban J connectivity index is 1.77. The van der Waals surface area contributed by atoms with Gasteiger partial charge in [0.2, 0.25) is 0 Å². The van der Waals surface area contributed by atoms with Gasteiger partial charge in [0.25, 0.3) is 0 Å². The lowest BCUT2D eigenvalue weighted by molar-refractivity contribution is -0.0188. The lowest BCUT2D eigenvalue weighted by atomic mass is 9.72. The number of nitrogens with one attached hydrogen (secondary N) is 1. The van der Waals surface area contributed by atoms with Gasteiger partial charge >= 0.3 is 0 Å². The molecule has 2 rings (SSSR count).